The van der Waals surface area contributed by atoms with Crippen molar-refractivity contribution in [3.8, 4) is 17.8 Å². The highest BCUT2D eigenvalue weighted by atomic mass is 19.4. The molecule has 1 heterocycles. The van der Waals surface area contributed by atoms with Crippen molar-refractivity contribution < 1.29 is 13.2 Å². The highest BCUT2D eigenvalue weighted by Gasteiger charge is 2.33. The van der Waals surface area contributed by atoms with Crippen LogP contribution < -0.4 is 5.32 Å². The zero-order valence-corrected chi connectivity index (χ0v) is 13.5. The van der Waals surface area contributed by atoms with Gasteiger partial charge in [-0.15, -0.1) is 0 Å². The van der Waals surface area contributed by atoms with Crippen molar-refractivity contribution in [3.05, 3.63) is 58.6 Å². The first-order valence-corrected chi connectivity index (χ1v) is 7.23. The SMILES string of the molecule is Cc1cc(C)n(-c2ccc(CNC=C(C#N)C#N)c(C(F)(F)F)c2)n1. The smallest absolute Gasteiger partial charge is 0.385 e. The minimum atomic E-state index is -4.54. The Labute approximate surface area is 142 Å². The number of nitrogens with one attached hydrogen (secondary N) is 1. The molecule has 0 amide bonds. The number of benzene rings is 1. The summed E-state index contributed by atoms with van der Waals surface area (Å²) in [5, 5.41) is 24.0. The number of halogens is 3. The number of aryl methyl sites for hydroxylation is 2. The summed E-state index contributed by atoms with van der Waals surface area (Å²) in [6.45, 7) is 3.36. The van der Waals surface area contributed by atoms with Gasteiger partial charge in [-0.2, -0.15) is 28.8 Å². The predicted molar refractivity (Wildman–Crippen MR) is 84.2 cm³/mol. The summed E-state index contributed by atoms with van der Waals surface area (Å²) in [5.41, 5.74) is 0.743. The average Bonchev–Trinajstić information content (AvgIpc) is 2.89. The van der Waals surface area contributed by atoms with Gasteiger partial charge >= 0.3 is 6.18 Å². The van der Waals surface area contributed by atoms with E-state index in [2.05, 4.69) is 10.4 Å². The summed E-state index contributed by atoms with van der Waals surface area (Å²) in [5.74, 6) is 0. The molecule has 1 N–H and O–H groups in total. The molecule has 2 rings (SSSR count). The maximum Gasteiger partial charge on any atom is 0.416 e. The maximum atomic E-state index is 13.4. The van der Waals surface area contributed by atoms with Crippen LogP contribution in [-0.4, -0.2) is 9.78 Å². The Bertz CT molecular complexity index is 878. The normalized spacial score (nSPS) is 10.7. The number of allylic oxidation sites excluding steroid dienone is 1. The lowest BCUT2D eigenvalue weighted by Crippen LogP contribution is -2.15. The number of aromatic nitrogens is 2. The molecular formula is C17H14F3N5. The van der Waals surface area contributed by atoms with Crippen LogP contribution in [0.25, 0.3) is 5.69 Å². The maximum absolute atomic E-state index is 13.4. The summed E-state index contributed by atoms with van der Waals surface area (Å²) in [6, 6.07) is 8.97. The van der Waals surface area contributed by atoms with E-state index >= 15 is 0 Å². The molecule has 0 aliphatic heterocycles. The Hall–Kier alpha value is -3.26. The van der Waals surface area contributed by atoms with Crippen LogP contribution in [0.1, 0.15) is 22.5 Å². The van der Waals surface area contributed by atoms with Crippen LogP contribution >= 0.6 is 0 Å². The van der Waals surface area contributed by atoms with Crippen LogP contribution in [0.4, 0.5) is 13.2 Å². The predicted octanol–water partition coefficient (Wildman–Crippen LogP) is 3.53. The van der Waals surface area contributed by atoms with Crippen LogP contribution in [0.2, 0.25) is 0 Å². The minimum absolute atomic E-state index is 0.00395. The van der Waals surface area contributed by atoms with Crippen molar-refractivity contribution in [2.24, 2.45) is 0 Å². The van der Waals surface area contributed by atoms with E-state index in [0.29, 0.717) is 11.4 Å². The van der Waals surface area contributed by atoms with Crippen molar-refractivity contribution in [1.29, 1.82) is 10.5 Å². The molecular weight excluding hydrogens is 331 g/mol. The Balaban J connectivity index is 2.39. The van der Waals surface area contributed by atoms with E-state index in [1.54, 1.807) is 38.1 Å². The fourth-order valence-corrected chi connectivity index (χ4v) is 2.36. The van der Waals surface area contributed by atoms with E-state index < -0.39 is 11.7 Å². The molecule has 1 aromatic heterocycles. The molecule has 0 spiro atoms. The van der Waals surface area contributed by atoms with Gasteiger partial charge in [-0.1, -0.05) is 6.07 Å². The van der Waals surface area contributed by atoms with Gasteiger partial charge in [0.25, 0.3) is 0 Å². The summed E-state index contributed by atoms with van der Waals surface area (Å²) in [4.78, 5) is 0. The van der Waals surface area contributed by atoms with E-state index in [1.807, 2.05) is 0 Å². The Morgan fingerprint density at radius 3 is 2.44 bits per heavy atom. The van der Waals surface area contributed by atoms with Gasteiger partial charge in [-0.05, 0) is 37.6 Å². The average molecular weight is 345 g/mol. The third-order valence-electron chi connectivity index (χ3n) is 3.43. The Morgan fingerprint density at radius 2 is 1.92 bits per heavy atom. The molecule has 1 aromatic carbocycles. The third-order valence-corrected chi connectivity index (χ3v) is 3.43. The summed E-state index contributed by atoms with van der Waals surface area (Å²) in [7, 11) is 0. The van der Waals surface area contributed by atoms with Gasteiger partial charge in [0, 0.05) is 18.4 Å². The van der Waals surface area contributed by atoms with E-state index in [9.17, 15) is 13.2 Å². The second-order valence-corrected chi connectivity index (χ2v) is 5.34. The van der Waals surface area contributed by atoms with Crippen LogP contribution in [0.15, 0.2) is 36.0 Å². The number of hydrogen-bond acceptors (Lipinski definition) is 4. The number of rotatable bonds is 4. The van der Waals surface area contributed by atoms with Crippen molar-refractivity contribution in [1.82, 2.24) is 15.1 Å². The summed E-state index contributed by atoms with van der Waals surface area (Å²) < 4.78 is 41.6. The van der Waals surface area contributed by atoms with Gasteiger partial charge in [0.05, 0.1) is 16.9 Å². The van der Waals surface area contributed by atoms with Gasteiger partial charge in [0.15, 0.2) is 0 Å². The molecule has 0 saturated heterocycles. The summed E-state index contributed by atoms with van der Waals surface area (Å²) >= 11 is 0. The molecule has 0 aliphatic carbocycles. The van der Waals surface area contributed by atoms with Crippen LogP contribution in [-0.2, 0) is 12.7 Å². The zero-order chi connectivity index (χ0) is 18.6. The molecule has 8 heteroatoms. The van der Waals surface area contributed by atoms with E-state index in [4.69, 9.17) is 10.5 Å². The van der Waals surface area contributed by atoms with Crippen molar-refractivity contribution in [2.75, 3.05) is 0 Å². The lowest BCUT2D eigenvalue weighted by atomic mass is 10.1. The van der Waals surface area contributed by atoms with Gasteiger partial charge in [0.2, 0.25) is 0 Å². The molecule has 0 bridgehead atoms. The number of alkyl halides is 3. The Kier molecular flexibility index (Phi) is 5.14. The van der Waals surface area contributed by atoms with Crippen LogP contribution in [0.3, 0.4) is 0 Å². The van der Waals surface area contributed by atoms with E-state index in [0.717, 1.165) is 18.0 Å². The molecule has 25 heavy (non-hydrogen) atoms. The lowest BCUT2D eigenvalue weighted by molar-refractivity contribution is -0.138. The molecule has 0 fully saturated rings. The first-order valence-electron chi connectivity index (χ1n) is 7.23. The quantitative estimate of drug-likeness (QED) is 0.860. The van der Waals surface area contributed by atoms with Gasteiger partial charge < -0.3 is 5.32 Å². The molecule has 128 valence electrons. The monoisotopic (exact) mass is 345 g/mol. The van der Waals surface area contributed by atoms with Crippen molar-refractivity contribution >= 4 is 0 Å². The third kappa shape index (κ3) is 4.18. The first kappa shape index (κ1) is 18.1. The minimum Gasteiger partial charge on any atom is -0.385 e. The fraction of sp³-hybridized carbons (Fsp3) is 0.235. The number of nitrogens with zero attached hydrogens (tertiary/aromatic N) is 4. The molecule has 5 nitrogen and oxygen atoms in total. The van der Waals surface area contributed by atoms with Gasteiger partial charge in [-0.3, -0.25) is 0 Å². The first-order chi connectivity index (χ1) is 11.8. The van der Waals surface area contributed by atoms with E-state index in [1.165, 1.54) is 10.7 Å². The Morgan fingerprint density at radius 1 is 1.24 bits per heavy atom. The molecule has 0 aliphatic rings. The highest BCUT2D eigenvalue weighted by Crippen LogP contribution is 2.33. The zero-order valence-electron chi connectivity index (χ0n) is 13.5. The van der Waals surface area contributed by atoms with Gasteiger partial charge in [0.1, 0.15) is 17.7 Å². The largest absolute Gasteiger partial charge is 0.416 e. The topological polar surface area (TPSA) is 77.4 Å². The molecule has 0 radical (unpaired) electrons. The number of nitriles is 2. The second kappa shape index (κ2) is 7.10. The van der Waals surface area contributed by atoms with E-state index in [-0.39, 0.29) is 17.7 Å². The van der Waals surface area contributed by atoms with Gasteiger partial charge in [-0.25, -0.2) is 4.68 Å². The second-order valence-electron chi connectivity index (χ2n) is 5.34. The van der Waals surface area contributed by atoms with Crippen LogP contribution in [0, 0.1) is 36.5 Å². The highest BCUT2D eigenvalue weighted by molar-refractivity contribution is 5.43. The molecule has 0 saturated carbocycles. The standard InChI is InChI=1S/C17H14F3N5/c1-11-5-12(2)25(24-11)15-4-3-14(16(6-15)17(18,19)20)10-23-9-13(7-21)8-22/h3-6,9,23H,10H2,1-2H3. The lowest BCUT2D eigenvalue weighted by Gasteiger charge is -2.15. The molecule has 0 unspecified atom stereocenters. The molecule has 2 aromatic rings. The fourth-order valence-electron chi connectivity index (χ4n) is 2.36. The van der Waals surface area contributed by atoms with Crippen LogP contribution in [0.5, 0.6) is 0 Å². The summed E-state index contributed by atoms with van der Waals surface area (Å²) in [6.07, 6.45) is -3.45. The van der Waals surface area contributed by atoms with Crippen molar-refractivity contribution in [2.45, 2.75) is 26.6 Å². The van der Waals surface area contributed by atoms with Crippen molar-refractivity contribution in [3.63, 3.8) is 0 Å². The molecule has 0 atom stereocenters. The number of hydrogen-bond donors (Lipinski definition) is 1.